The van der Waals surface area contributed by atoms with E-state index >= 15 is 0 Å². The van der Waals surface area contributed by atoms with Crippen LogP contribution in [-0.2, 0) is 0 Å². The fourth-order valence-electron chi connectivity index (χ4n) is 0.777. The third-order valence-electron chi connectivity index (χ3n) is 1.59. The van der Waals surface area contributed by atoms with E-state index in [0.29, 0.717) is 0 Å². The summed E-state index contributed by atoms with van der Waals surface area (Å²) in [5.74, 6) is -0.186. The number of ether oxygens (including phenoxy) is 1. The topological polar surface area (TPSA) is 35.0 Å². The molecule has 16 heavy (non-hydrogen) atoms. The smallest absolute Gasteiger partial charge is 0.425 e. The molecule has 0 radical (unpaired) electrons. The van der Waals surface area contributed by atoms with E-state index < -0.39 is 12.3 Å². The molecule has 0 bridgehead atoms. The molecule has 0 aromatic carbocycles. The Labute approximate surface area is 99.4 Å². The molecule has 0 aliphatic rings. The van der Waals surface area contributed by atoms with Gasteiger partial charge in [-0.1, -0.05) is 23.4 Å². The van der Waals surface area contributed by atoms with Gasteiger partial charge in [0.05, 0.1) is 0 Å². The lowest BCUT2D eigenvalue weighted by atomic mass is 10.4. The van der Waals surface area contributed by atoms with Gasteiger partial charge in [0, 0.05) is 6.07 Å². The fourth-order valence-corrected chi connectivity index (χ4v) is 1.37. The Morgan fingerprint density at radius 2 is 2.06 bits per heavy atom. The summed E-state index contributed by atoms with van der Waals surface area (Å²) in [6.07, 6.45) is -4.69. The molecule has 1 aromatic rings. The van der Waals surface area contributed by atoms with Gasteiger partial charge in [-0.25, -0.2) is 4.98 Å². The van der Waals surface area contributed by atoms with Crippen molar-refractivity contribution in [1.29, 1.82) is 0 Å². The van der Waals surface area contributed by atoms with E-state index in [1.165, 1.54) is 0 Å². The Kier molecular flexibility index (Phi) is 4.26. The summed E-state index contributed by atoms with van der Waals surface area (Å²) >= 11 is 6.76. The summed E-state index contributed by atoms with van der Waals surface area (Å²) in [6, 6.07) is 1.14. The number of hydrogen-bond acceptors (Lipinski definition) is 4. The first-order valence-corrected chi connectivity index (χ1v) is 5.75. The number of thioether (sulfide) groups is 1. The average molecular weight is 273 g/mol. The molecule has 0 aliphatic heterocycles. The molecule has 0 aliphatic carbocycles. The van der Waals surface area contributed by atoms with Crippen LogP contribution < -0.4 is 4.74 Å². The van der Waals surface area contributed by atoms with Gasteiger partial charge in [-0.3, -0.25) is 0 Å². The second-order valence-electron chi connectivity index (χ2n) is 2.82. The van der Waals surface area contributed by atoms with Crippen LogP contribution in [0.15, 0.2) is 11.2 Å². The Hall–Kier alpha value is -0.690. The van der Waals surface area contributed by atoms with E-state index in [0.717, 1.165) is 24.8 Å². The predicted molar refractivity (Wildman–Crippen MR) is 55.0 cm³/mol. The van der Waals surface area contributed by atoms with Crippen molar-refractivity contribution in [2.24, 2.45) is 0 Å². The molecule has 90 valence electrons. The fraction of sp³-hybridized carbons (Fsp3) is 0.500. The van der Waals surface area contributed by atoms with Gasteiger partial charge < -0.3 is 4.74 Å². The first-order chi connectivity index (χ1) is 7.32. The van der Waals surface area contributed by atoms with Crippen molar-refractivity contribution in [3.63, 3.8) is 0 Å². The van der Waals surface area contributed by atoms with Gasteiger partial charge in [0.15, 0.2) is 11.3 Å². The zero-order valence-electron chi connectivity index (χ0n) is 8.38. The minimum atomic E-state index is -4.43. The number of halogens is 4. The highest BCUT2D eigenvalue weighted by Crippen LogP contribution is 2.26. The number of rotatable bonds is 3. The molecule has 1 rings (SSSR count). The molecule has 8 heteroatoms. The maximum atomic E-state index is 12.2. The lowest BCUT2D eigenvalue weighted by Gasteiger charge is -2.16. The molecule has 1 atom stereocenters. The van der Waals surface area contributed by atoms with E-state index in [4.69, 9.17) is 11.6 Å². The molecule has 0 spiro atoms. The summed E-state index contributed by atoms with van der Waals surface area (Å²) in [5.41, 5.74) is 0. The molecule has 0 saturated heterocycles. The van der Waals surface area contributed by atoms with Gasteiger partial charge in [0.2, 0.25) is 5.88 Å². The highest BCUT2D eigenvalue weighted by atomic mass is 35.5. The van der Waals surface area contributed by atoms with Crippen molar-refractivity contribution in [3.8, 4) is 5.88 Å². The Balaban J connectivity index is 2.85. The molecule has 0 N–H and O–H groups in total. The second kappa shape index (κ2) is 5.09. The Morgan fingerprint density at radius 1 is 1.44 bits per heavy atom. The minimum absolute atomic E-state index is 0.0451. The van der Waals surface area contributed by atoms with E-state index in [1.54, 1.807) is 6.26 Å². The van der Waals surface area contributed by atoms with Crippen LogP contribution in [0.4, 0.5) is 13.2 Å². The number of hydrogen-bond donors (Lipinski definition) is 0. The Bertz CT molecular complexity index is 375. The number of nitrogens with zero attached hydrogens (tertiary/aromatic N) is 2. The van der Waals surface area contributed by atoms with Crippen LogP contribution in [-0.4, -0.2) is 28.5 Å². The van der Waals surface area contributed by atoms with E-state index in [9.17, 15) is 13.2 Å². The first kappa shape index (κ1) is 13.4. The van der Waals surface area contributed by atoms with E-state index in [2.05, 4.69) is 14.7 Å². The van der Waals surface area contributed by atoms with Gasteiger partial charge >= 0.3 is 6.18 Å². The van der Waals surface area contributed by atoms with Gasteiger partial charge in [-0.15, -0.1) is 0 Å². The van der Waals surface area contributed by atoms with Crippen LogP contribution in [0.1, 0.15) is 6.92 Å². The van der Waals surface area contributed by atoms with Crippen molar-refractivity contribution >= 4 is 23.4 Å². The van der Waals surface area contributed by atoms with Gasteiger partial charge in [-0.05, 0) is 13.2 Å². The predicted octanol–water partition coefficient (Wildman–Crippen LogP) is 3.18. The van der Waals surface area contributed by atoms with Crippen molar-refractivity contribution < 1.29 is 17.9 Å². The largest absolute Gasteiger partial charge is 0.465 e. The lowest BCUT2D eigenvalue weighted by molar-refractivity contribution is -0.190. The molecular weight excluding hydrogens is 265 g/mol. The molecule has 1 unspecified atom stereocenters. The molecule has 1 heterocycles. The third-order valence-corrected chi connectivity index (χ3v) is 2.33. The first-order valence-electron chi connectivity index (χ1n) is 4.15. The summed E-state index contributed by atoms with van der Waals surface area (Å²) in [5, 5.41) is 0.306. The van der Waals surface area contributed by atoms with Crippen LogP contribution >= 0.6 is 23.4 Å². The number of aromatic nitrogens is 2. The van der Waals surface area contributed by atoms with Crippen LogP contribution in [0.3, 0.4) is 0 Å². The summed E-state index contributed by atoms with van der Waals surface area (Å²) in [6.45, 7) is 0.898. The second-order valence-corrected chi connectivity index (χ2v) is 3.98. The molecule has 0 fully saturated rings. The maximum Gasteiger partial charge on any atom is 0.425 e. The quantitative estimate of drug-likeness (QED) is 0.481. The summed E-state index contributed by atoms with van der Waals surface area (Å²) in [7, 11) is 0. The zero-order chi connectivity index (χ0) is 12.3. The van der Waals surface area contributed by atoms with Crippen LogP contribution in [0, 0.1) is 0 Å². The van der Waals surface area contributed by atoms with Gasteiger partial charge in [0.1, 0.15) is 5.15 Å². The normalized spacial score (nSPS) is 13.6. The van der Waals surface area contributed by atoms with E-state index in [-0.39, 0.29) is 16.2 Å². The van der Waals surface area contributed by atoms with Crippen LogP contribution in [0.5, 0.6) is 5.88 Å². The SMILES string of the molecule is CSc1nc(Cl)cc(OC(C)C(F)(F)F)n1. The van der Waals surface area contributed by atoms with Crippen LogP contribution in [0.25, 0.3) is 0 Å². The lowest BCUT2D eigenvalue weighted by Crippen LogP contribution is -2.31. The van der Waals surface area contributed by atoms with Crippen LogP contribution in [0.2, 0.25) is 5.15 Å². The van der Waals surface area contributed by atoms with Crippen molar-refractivity contribution in [1.82, 2.24) is 9.97 Å². The van der Waals surface area contributed by atoms with Gasteiger partial charge in [0.25, 0.3) is 0 Å². The monoisotopic (exact) mass is 272 g/mol. The molecule has 1 aromatic heterocycles. The molecule has 3 nitrogen and oxygen atoms in total. The van der Waals surface area contributed by atoms with Gasteiger partial charge in [-0.2, -0.15) is 18.2 Å². The van der Waals surface area contributed by atoms with Crippen molar-refractivity contribution in [2.45, 2.75) is 24.4 Å². The minimum Gasteiger partial charge on any atom is -0.465 e. The summed E-state index contributed by atoms with van der Waals surface area (Å²) in [4.78, 5) is 7.53. The third kappa shape index (κ3) is 3.71. The zero-order valence-corrected chi connectivity index (χ0v) is 9.95. The average Bonchev–Trinajstić information content (AvgIpc) is 2.15. The summed E-state index contributed by atoms with van der Waals surface area (Å²) < 4.78 is 41.3. The standard InChI is InChI=1S/C8H8ClF3N2OS/c1-4(8(10,11)12)15-6-3-5(9)13-7(14-6)16-2/h3-4H,1-2H3. The highest BCUT2D eigenvalue weighted by molar-refractivity contribution is 7.98. The molecular formula is C8H8ClF3N2OS. The van der Waals surface area contributed by atoms with E-state index in [1.807, 2.05) is 0 Å². The molecule has 0 amide bonds. The highest BCUT2D eigenvalue weighted by Gasteiger charge is 2.38. The van der Waals surface area contributed by atoms with Crippen molar-refractivity contribution in [2.75, 3.05) is 6.26 Å². The number of alkyl halides is 3. The van der Waals surface area contributed by atoms with Crippen molar-refractivity contribution in [3.05, 3.63) is 11.2 Å². The Morgan fingerprint density at radius 3 is 2.56 bits per heavy atom. The molecule has 0 saturated carbocycles. The maximum absolute atomic E-state index is 12.2.